The van der Waals surface area contributed by atoms with Crippen molar-refractivity contribution in [3.63, 3.8) is 0 Å². The van der Waals surface area contributed by atoms with Crippen LogP contribution in [0.1, 0.15) is 105 Å². The molecule has 6 heterocycles. The maximum atomic E-state index is 14.5. The zero-order chi connectivity index (χ0) is 73.7. The quantitative estimate of drug-likeness (QED) is 0.0381. The van der Waals surface area contributed by atoms with Crippen molar-refractivity contribution in [3.05, 3.63) is 93.0 Å². The van der Waals surface area contributed by atoms with Crippen LogP contribution in [-0.2, 0) is 79.5 Å². The fourth-order valence-corrected chi connectivity index (χ4v) is 15.7. The highest BCUT2D eigenvalue weighted by molar-refractivity contribution is 8.76. The second-order valence-corrected chi connectivity index (χ2v) is 30.4. The predicted octanol–water partition coefficient (Wildman–Crippen LogP) is 8.20. The molecule has 2 aromatic carbocycles. The standard InChI is InChI=1S/C70H94Cl2N6O20S2/c1-37-19-17-21-51(91-15)69(87)35-49(93-65(85)73-69)39(3)61-67(7,97-61)53(33-57(81)77(11)45-29-43(27-37)31-47(89-13)59(45)71)95-63(83)41(5)75(9)55(79)23-25-99-100-26-24-56(80)76(10)42(6)64(84)96-54-34-58(82)78(12)46-30-44(32-48(90-14)60(46)72)28-38(2)20-18-22-52(92-16)70(88)36-50(94-66(86)74-70)40(4)62-68(54,8)98-62/h17-22,29-32,39-42,49-54,61-62,87-88H,23-28,33-36H2,1-16H3,(H,73,85)(H,74,86)/b21-17+,22-18+,37-19+,38-20+. The first-order valence-corrected chi connectivity index (χ1v) is 36.3. The molecule has 8 bridgehead atoms. The van der Waals surface area contributed by atoms with Crippen molar-refractivity contribution in [1.29, 1.82) is 0 Å². The average molecular weight is 1470 g/mol. The summed E-state index contributed by atoms with van der Waals surface area (Å²) in [6.07, 6.45) is 0.390. The molecule has 4 saturated heterocycles. The zero-order valence-corrected chi connectivity index (χ0v) is 62.5. The summed E-state index contributed by atoms with van der Waals surface area (Å²) in [5.74, 6) is -3.52. The van der Waals surface area contributed by atoms with Crippen molar-refractivity contribution in [2.24, 2.45) is 11.8 Å². The SMILES string of the molecule is COc1cc2cc(c1Cl)N(C)C(=O)CC(OC(=O)C(C)N(C)C(=O)CCSSCCC(=O)N(C)C(C)C(=O)OC1CC(=O)N(C)c3cc(cc(OC)c3Cl)C/C(C)=C/C=C/C(OC)C3(O)CC(OC(=O)N3)C(C)C3OC13C)C1(C)OC1C(C)C1CC(O)(NC(=O)O1)C(OC)/C=C/C=C(\C)C2. The fourth-order valence-electron chi connectivity index (χ4n) is 13.2. The highest BCUT2D eigenvalue weighted by Crippen LogP contribution is 2.51. The molecule has 4 fully saturated rings. The normalized spacial score (nSPS) is 32.5. The van der Waals surface area contributed by atoms with E-state index in [1.165, 1.54) is 97.6 Å². The molecule has 0 aliphatic carbocycles. The molecule has 550 valence electrons. The Morgan fingerprint density at radius 3 is 1.34 bits per heavy atom. The van der Waals surface area contributed by atoms with Gasteiger partial charge in [0.25, 0.3) is 0 Å². The lowest BCUT2D eigenvalue weighted by atomic mass is 9.83. The Bertz CT molecular complexity index is 3340. The molecular weight excluding hydrogens is 1380 g/mol. The molecule has 0 saturated carbocycles. The number of alkyl carbamates (subject to hydrolysis) is 2. The van der Waals surface area contributed by atoms with Crippen LogP contribution in [-0.4, -0.2) is 219 Å². The first-order chi connectivity index (χ1) is 47.1. The molecule has 30 heteroatoms. The zero-order valence-electron chi connectivity index (χ0n) is 59.4. The number of esters is 2. The number of allylic oxidation sites excluding steroid dienone is 6. The third-order valence-electron chi connectivity index (χ3n) is 19.9. The van der Waals surface area contributed by atoms with Gasteiger partial charge in [-0.3, -0.25) is 29.8 Å². The van der Waals surface area contributed by atoms with E-state index in [-0.39, 0.29) is 47.2 Å². The van der Waals surface area contributed by atoms with Crippen LogP contribution in [0, 0.1) is 11.8 Å². The van der Waals surface area contributed by atoms with E-state index in [4.69, 9.17) is 70.6 Å². The molecule has 6 aliphatic heterocycles. The Morgan fingerprint density at radius 1 is 0.640 bits per heavy atom. The lowest BCUT2D eigenvalue weighted by molar-refractivity contribution is -0.162. The topological polar surface area (TPSA) is 313 Å². The number of carbonyl (C=O) groups excluding carboxylic acids is 8. The van der Waals surface area contributed by atoms with Gasteiger partial charge in [-0.05, 0) is 89.8 Å². The van der Waals surface area contributed by atoms with Gasteiger partial charge in [0.15, 0.2) is 11.4 Å². The Balaban J connectivity index is 0.887. The number of amides is 6. The molecule has 0 aromatic heterocycles. The summed E-state index contributed by atoms with van der Waals surface area (Å²) < 4.78 is 59.2. The van der Waals surface area contributed by atoms with Crippen molar-refractivity contribution in [2.75, 3.05) is 77.9 Å². The number of likely N-dealkylation sites (N-methyl/N-ethyl adjacent to an activating group) is 2. The molecule has 2 aromatic rings. The van der Waals surface area contributed by atoms with Crippen LogP contribution in [0.3, 0.4) is 0 Å². The van der Waals surface area contributed by atoms with Gasteiger partial charge >= 0.3 is 24.1 Å². The summed E-state index contributed by atoms with van der Waals surface area (Å²) in [6, 6.07) is 4.75. The molecule has 26 nitrogen and oxygen atoms in total. The molecule has 6 amide bonds. The van der Waals surface area contributed by atoms with E-state index in [1.54, 1.807) is 90.4 Å². The van der Waals surface area contributed by atoms with Crippen molar-refractivity contribution >= 4 is 104 Å². The highest BCUT2D eigenvalue weighted by Gasteiger charge is 2.66. The van der Waals surface area contributed by atoms with E-state index in [0.29, 0.717) is 35.7 Å². The van der Waals surface area contributed by atoms with E-state index < -0.39 is 156 Å². The van der Waals surface area contributed by atoms with Gasteiger partial charge in [0, 0.05) is 91.4 Å². The number of rotatable bonds is 17. The number of fused-ring (bicyclic) bond motifs is 10. The molecule has 6 aliphatic rings. The van der Waals surface area contributed by atoms with Crippen LogP contribution in [0.2, 0.25) is 10.0 Å². The number of benzene rings is 2. The number of nitrogens with zero attached hydrogens (tertiary/aromatic N) is 4. The van der Waals surface area contributed by atoms with Gasteiger partial charge in [-0.25, -0.2) is 19.2 Å². The lowest BCUT2D eigenvalue weighted by Crippen LogP contribution is -2.63. The van der Waals surface area contributed by atoms with Gasteiger partial charge in [0.1, 0.15) is 81.5 Å². The lowest BCUT2D eigenvalue weighted by Gasteiger charge is -2.42. The maximum absolute atomic E-state index is 14.5. The minimum Gasteiger partial charge on any atom is -0.495 e. The van der Waals surface area contributed by atoms with Gasteiger partial charge in [-0.1, -0.05) is 106 Å². The summed E-state index contributed by atoms with van der Waals surface area (Å²) in [5.41, 5.74) is -2.54. The van der Waals surface area contributed by atoms with Crippen LogP contribution >= 0.6 is 44.8 Å². The van der Waals surface area contributed by atoms with Gasteiger partial charge in [-0.15, -0.1) is 0 Å². The maximum Gasteiger partial charge on any atom is 0.409 e. The second-order valence-electron chi connectivity index (χ2n) is 27.0. The Kier molecular flexibility index (Phi) is 25.9. The predicted molar refractivity (Wildman–Crippen MR) is 376 cm³/mol. The molecule has 0 radical (unpaired) electrons. The third-order valence-corrected chi connectivity index (χ3v) is 23.1. The number of methoxy groups -OCH3 is 4. The molecule has 16 unspecified atom stereocenters. The Morgan fingerprint density at radius 2 is 1.00 bits per heavy atom. The summed E-state index contributed by atoms with van der Waals surface area (Å²) in [7, 11) is 14.4. The van der Waals surface area contributed by atoms with Crippen molar-refractivity contribution in [1.82, 2.24) is 20.4 Å². The molecule has 0 spiro atoms. The molecule has 4 N–H and O–H groups in total. The number of halogens is 2. The van der Waals surface area contributed by atoms with Crippen molar-refractivity contribution in [3.8, 4) is 11.5 Å². The number of nitrogens with one attached hydrogen (secondary N) is 2. The fraction of sp³-hybridized carbons (Fsp3) is 0.600. The summed E-state index contributed by atoms with van der Waals surface area (Å²) in [5, 5.41) is 29.3. The van der Waals surface area contributed by atoms with Gasteiger partial charge in [0.05, 0.1) is 50.6 Å². The second kappa shape index (κ2) is 32.8. The number of carbonyl (C=O) groups is 8. The van der Waals surface area contributed by atoms with Crippen molar-refractivity contribution < 1.29 is 95.9 Å². The first-order valence-electron chi connectivity index (χ1n) is 33.0. The third kappa shape index (κ3) is 17.9. The van der Waals surface area contributed by atoms with E-state index in [2.05, 4.69) is 10.6 Å². The highest BCUT2D eigenvalue weighted by atomic mass is 35.5. The first kappa shape index (κ1) is 79.1. The Hall–Kier alpha value is -6.60. The van der Waals surface area contributed by atoms with Crippen molar-refractivity contribution in [2.45, 2.75) is 190 Å². The Labute approximate surface area is 601 Å². The van der Waals surface area contributed by atoms with Crippen LogP contribution in [0.4, 0.5) is 21.0 Å². The number of hydrogen-bond donors (Lipinski definition) is 4. The van der Waals surface area contributed by atoms with Crippen LogP contribution in [0.25, 0.3) is 0 Å². The van der Waals surface area contributed by atoms with Gasteiger partial charge in [0.2, 0.25) is 23.6 Å². The molecular formula is C70H94Cl2N6O20S2. The summed E-state index contributed by atoms with van der Waals surface area (Å²) >= 11 is 13.7. The van der Waals surface area contributed by atoms with Gasteiger partial charge in [-0.2, -0.15) is 0 Å². The minimum atomic E-state index is -1.90. The largest absolute Gasteiger partial charge is 0.495 e. The van der Waals surface area contributed by atoms with E-state index in [0.717, 1.165) is 22.3 Å². The van der Waals surface area contributed by atoms with Crippen LogP contribution in [0.5, 0.6) is 11.5 Å². The van der Waals surface area contributed by atoms with E-state index >= 15 is 0 Å². The monoisotopic (exact) mass is 1470 g/mol. The summed E-state index contributed by atoms with van der Waals surface area (Å²) in [6.45, 7) is 13.7. The van der Waals surface area contributed by atoms with Crippen LogP contribution < -0.4 is 29.9 Å². The van der Waals surface area contributed by atoms with Crippen LogP contribution in [0.15, 0.2) is 71.9 Å². The minimum absolute atomic E-state index is 0.0149. The molecule has 16 atom stereocenters. The number of hydrogen-bond acceptors (Lipinski definition) is 22. The number of aliphatic hydroxyl groups is 2. The molecule has 100 heavy (non-hydrogen) atoms. The number of ether oxygens (including phenoxy) is 10. The van der Waals surface area contributed by atoms with E-state index in [9.17, 15) is 48.6 Å². The average Bonchev–Trinajstić information content (AvgIpc) is 1.58. The van der Waals surface area contributed by atoms with Gasteiger partial charge < -0.3 is 77.2 Å². The molecule has 8 rings (SSSR count). The number of epoxide rings is 2. The smallest absolute Gasteiger partial charge is 0.409 e. The summed E-state index contributed by atoms with van der Waals surface area (Å²) in [4.78, 5) is 117. The number of anilines is 2. The van der Waals surface area contributed by atoms with E-state index in [1.807, 2.05) is 26.0 Å².